The summed E-state index contributed by atoms with van der Waals surface area (Å²) in [5, 5.41) is 10.9. The molecule has 19 heavy (non-hydrogen) atoms. The van der Waals surface area contributed by atoms with Gasteiger partial charge in [0.2, 0.25) is 0 Å². The van der Waals surface area contributed by atoms with Crippen molar-refractivity contribution in [2.24, 2.45) is 0 Å². The lowest BCUT2D eigenvalue weighted by atomic mass is 10.1. The van der Waals surface area contributed by atoms with Gasteiger partial charge in [0.05, 0.1) is 6.10 Å². The first-order valence-corrected chi connectivity index (χ1v) is 8.48. The van der Waals surface area contributed by atoms with Gasteiger partial charge in [-0.1, -0.05) is 30.7 Å². The number of hydrogen-bond donors (Lipinski definition) is 1. The molecule has 1 rings (SSSR count). The lowest BCUT2D eigenvalue weighted by molar-refractivity contribution is 0.139. The van der Waals surface area contributed by atoms with Gasteiger partial charge in [-0.25, -0.2) is 0 Å². The molecule has 4 heteroatoms. The topological polar surface area (TPSA) is 23.5 Å². The average molecular weight is 302 g/mol. The number of halogens is 1. The van der Waals surface area contributed by atoms with E-state index >= 15 is 0 Å². The van der Waals surface area contributed by atoms with Gasteiger partial charge in [0.15, 0.2) is 0 Å². The average Bonchev–Trinajstić information content (AvgIpc) is 2.41. The molecule has 0 bridgehead atoms. The zero-order valence-corrected chi connectivity index (χ0v) is 13.5. The number of thioether (sulfide) groups is 1. The highest BCUT2D eigenvalue weighted by Gasteiger charge is 2.14. The number of hydrogen-bond acceptors (Lipinski definition) is 3. The van der Waals surface area contributed by atoms with Crippen LogP contribution in [0.25, 0.3) is 0 Å². The maximum absolute atomic E-state index is 10.2. The van der Waals surface area contributed by atoms with Crippen molar-refractivity contribution < 1.29 is 5.11 Å². The number of aliphatic hydroxyl groups excluding tert-OH is 1. The third kappa shape index (κ3) is 5.74. The molecule has 1 aromatic rings. The van der Waals surface area contributed by atoms with Gasteiger partial charge in [-0.3, -0.25) is 0 Å². The molecule has 0 saturated carbocycles. The van der Waals surface area contributed by atoms with E-state index in [2.05, 4.69) is 25.1 Å². The normalized spacial score (nSPS) is 14.6. The van der Waals surface area contributed by atoms with Crippen molar-refractivity contribution in [3.8, 4) is 0 Å². The zero-order valence-electron chi connectivity index (χ0n) is 12.0. The largest absolute Gasteiger partial charge is 0.388 e. The minimum Gasteiger partial charge on any atom is -0.388 e. The predicted molar refractivity (Wildman–Crippen MR) is 86.1 cm³/mol. The van der Waals surface area contributed by atoms with E-state index in [1.807, 2.05) is 36.0 Å². The standard InChI is InChI=1S/C15H24ClNOS/c1-4-14(11-19-3)17(2)9-8-15(18)12-6-5-7-13(16)10-12/h5-7,10,14-15,18H,4,8-9,11H2,1-3H3. The van der Waals surface area contributed by atoms with E-state index in [0.29, 0.717) is 11.1 Å². The molecule has 1 N–H and O–H groups in total. The van der Waals surface area contributed by atoms with Crippen molar-refractivity contribution in [3.05, 3.63) is 34.9 Å². The monoisotopic (exact) mass is 301 g/mol. The van der Waals surface area contributed by atoms with Gasteiger partial charge in [-0.05, 0) is 43.8 Å². The molecule has 0 heterocycles. The van der Waals surface area contributed by atoms with E-state index in [0.717, 1.165) is 30.7 Å². The van der Waals surface area contributed by atoms with Gasteiger partial charge in [-0.2, -0.15) is 11.8 Å². The Balaban J connectivity index is 2.47. The summed E-state index contributed by atoms with van der Waals surface area (Å²) >= 11 is 7.82. The molecule has 2 unspecified atom stereocenters. The van der Waals surface area contributed by atoms with E-state index in [9.17, 15) is 5.11 Å². The summed E-state index contributed by atoms with van der Waals surface area (Å²) in [7, 11) is 2.13. The van der Waals surface area contributed by atoms with Gasteiger partial charge in [-0.15, -0.1) is 0 Å². The van der Waals surface area contributed by atoms with Crippen molar-refractivity contribution in [2.45, 2.75) is 31.9 Å². The Kier molecular flexibility index (Phi) is 7.84. The lowest BCUT2D eigenvalue weighted by Crippen LogP contribution is -2.34. The number of nitrogens with zero attached hydrogens (tertiary/aromatic N) is 1. The molecule has 108 valence electrons. The molecule has 0 spiro atoms. The van der Waals surface area contributed by atoms with Crippen molar-refractivity contribution in [3.63, 3.8) is 0 Å². The van der Waals surface area contributed by atoms with Crippen molar-refractivity contribution in [2.75, 3.05) is 25.6 Å². The zero-order chi connectivity index (χ0) is 14.3. The van der Waals surface area contributed by atoms with Gasteiger partial charge < -0.3 is 10.0 Å². The molecule has 0 aliphatic heterocycles. The van der Waals surface area contributed by atoms with Gasteiger partial charge in [0.25, 0.3) is 0 Å². The van der Waals surface area contributed by atoms with Crippen LogP contribution in [0, 0.1) is 0 Å². The smallest absolute Gasteiger partial charge is 0.0802 e. The van der Waals surface area contributed by atoms with E-state index in [1.165, 1.54) is 0 Å². The fourth-order valence-corrected chi connectivity index (χ4v) is 3.21. The molecule has 0 aliphatic rings. The van der Waals surface area contributed by atoms with Crippen LogP contribution >= 0.6 is 23.4 Å². The Morgan fingerprint density at radius 2 is 2.16 bits per heavy atom. The summed E-state index contributed by atoms with van der Waals surface area (Å²) in [6.07, 6.45) is 3.58. The molecule has 1 aromatic carbocycles. The van der Waals surface area contributed by atoms with Crippen molar-refractivity contribution in [1.29, 1.82) is 0 Å². The third-order valence-electron chi connectivity index (χ3n) is 3.44. The number of rotatable bonds is 8. The lowest BCUT2D eigenvalue weighted by Gasteiger charge is -2.27. The minimum absolute atomic E-state index is 0.437. The van der Waals surface area contributed by atoms with Crippen LogP contribution in [-0.2, 0) is 0 Å². The van der Waals surface area contributed by atoms with Gasteiger partial charge in [0.1, 0.15) is 0 Å². The van der Waals surface area contributed by atoms with E-state index in [4.69, 9.17) is 11.6 Å². The Bertz CT molecular complexity index is 375. The van der Waals surface area contributed by atoms with Crippen LogP contribution in [0.2, 0.25) is 5.02 Å². The van der Waals surface area contributed by atoms with Crippen LogP contribution in [0.1, 0.15) is 31.4 Å². The maximum atomic E-state index is 10.2. The molecule has 0 aromatic heterocycles. The molecule has 0 amide bonds. The predicted octanol–water partition coefficient (Wildman–Crippen LogP) is 3.84. The Morgan fingerprint density at radius 1 is 1.42 bits per heavy atom. The van der Waals surface area contributed by atoms with Crippen LogP contribution in [0.5, 0.6) is 0 Å². The Labute approximate surface area is 126 Å². The Hall–Kier alpha value is -0.220. The second-order valence-corrected chi connectivity index (χ2v) is 6.20. The van der Waals surface area contributed by atoms with Crippen LogP contribution < -0.4 is 0 Å². The molecule has 2 atom stereocenters. The fourth-order valence-electron chi connectivity index (χ4n) is 2.14. The van der Waals surface area contributed by atoms with Gasteiger partial charge in [0, 0.05) is 23.4 Å². The highest BCUT2D eigenvalue weighted by atomic mass is 35.5. The summed E-state index contributed by atoms with van der Waals surface area (Å²) < 4.78 is 0. The number of benzene rings is 1. The molecule has 0 radical (unpaired) electrons. The van der Waals surface area contributed by atoms with E-state index < -0.39 is 6.10 Å². The first-order valence-electron chi connectivity index (χ1n) is 6.71. The third-order valence-corrected chi connectivity index (χ3v) is 4.40. The Morgan fingerprint density at radius 3 is 2.74 bits per heavy atom. The molecular weight excluding hydrogens is 278 g/mol. The highest BCUT2D eigenvalue weighted by molar-refractivity contribution is 7.98. The fraction of sp³-hybridized carbons (Fsp3) is 0.600. The summed E-state index contributed by atoms with van der Waals surface area (Å²) in [4.78, 5) is 2.34. The SMILES string of the molecule is CCC(CSC)N(C)CCC(O)c1cccc(Cl)c1. The quantitative estimate of drug-likeness (QED) is 0.789. The van der Waals surface area contributed by atoms with Crippen LogP contribution in [0.15, 0.2) is 24.3 Å². The molecule has 2 nitrogen and oxygen atoms in total. The first kappa shape index (κ1) is 16.8. The molecule has 0 aliphatic carbocycles. The molecule has 0 fully saturated rings. The van der Waals surface area contributed by atoms with E-state index in [1.54, 1.807) is 0 Å². The summed E-state index contributed by atoms with van der Waals surface area (Å²) in [6, 6.07) is 8.06. The van der Waals surface area contributed by atoms with Crippen LogP contribution in [0.3, 0.4) is 0 Å². The van der Waals surface area contributed by atoms with Crippen molar-refractivity contribution >= 4 is 23.4 Å². The molecular formula is C15H24ClNOS. The first-order chi connectivity index (χ1) is 9.08. The second kappa shape index (κ2) is 8.85. The van der Waals surface area contributed by atoms with E-state index in [-0.39, 0.29) is 0 Å². The maximum Gasteiger partial charge on any atom is 0.0802 e. The van der Waals surface area contributed by atoms with Crippen LogP contribution in [-0.4, -0.2) is 41.6 Å². The number of aliphatic hydroxyl groups is 1. The van der Waals surface area contributed by atoms with Crippen molar-refractivity contribution in [1.82, 2.24) is 4.90 Å². The summed E-state index contributed by atoms with van der Waals surface area (Å²) in [5.74, 6) is 1.14. The van der Waals surface area contributed by atoms with Crippen LogP contribution in [0.4, 0.5) is 0 Å². The summed E-state index contributed by atoms with van der Waals surface area (Å²) in [5.41, 5.74) is 0.902. The highest BCUT2D eigenvalue weighted by Crippen LogP contribution is 2.21. The summed E-state index contributed by atoms with van der Waals surface area (Å²) in [6.45, 7) is 3.11. The minimum atomic E-state index is -0.437. The molecule has 0 saturated heterocycles. The van der Waals surface area contributed by atoms with Gasteiger partial charge >= 0.3 is 0 Å². The second-order valence-electron chi connectivity index (χ2n) is 4.86.